The normalized spacial score (nSPS) is 54.7. The second-order valence-electron chi connectivity index (χ2n) is 14.3. The predicted molar refractivity (Wildman–Crippen MR) is 152 cm³/mol. The van der Waals surface area contributed by atoms with Gasteiger partial charge in [0.25, 0.3) is 0 Å². The van der Waals surface area contributed by atoms with Crippen LogP contribution in [0.3, 0.4) is 0 Å². The third kappa shape index (κ3) is 3.53. The largest absolute Gasteiger partial charge is 0.462 e. The van der Waals surface area contributed by atoms with Gasteiger partial charge < -0.3 is 19.3 Å². The van der Waals surface area contributed by atoms with Crippen LogP contribution in [0.2, 0.25) is 0 Å². The zero-order chi connectivity index (χ0) is 26.7. The highest BCUT2D eigenvalue weighted by atomic mass is 32.2. The Bertz CT molecular complexity index is 1020. The van der Waals surface area contributed by atoms with E-state index in [4.69, 9.17) is 14.2 Å². The number of carbonyl (C=O) groups is 1. The number of hydrogen-bond donors (Lipinski definition) is 1. The van der Waals surface area contributed by atoms with Crippen molar-refractivity contribution >= 4 is 29.5 Å². The van der Waals surface area contributed by atoms with Gasteiger partial charge in [0.05, 0.1) is 22.9 Å². The zero-order valence-electron chi connectivity index (χ0n) is 23.7. The third-order valence-corrected chi connectivity index (χ3v) is 16.1. The van der Waals surface area contributed by atoms with Gasteiger partial charge in [-0.25, -0.2) is 0 Å². The molecule has 0 aromatic rings. The lowest BCUT2D eigenvalue weighted by molar-refractivity contribution is -0.274. The minimum absolute atomic E-state index is 0.0419. The van der Waals surface area contributed by atoms with Crippen LogP contribution in [0.25, 0.3) is 0 Å². The Labute approximate surface area is 236 Å². The van der Waals surface area contributed by atoms with Crippen LogP contribution in [0, 0.1) is 46.3 Å². The molecule has 5 nitrogen and oxygen atoms in total. The highest BCUT2D eigenvalue weighted by molar-refractivity contribution is 8.21. The average Bonchev–Trinajstić information content (AvgIpc) is 3.52. The molecule has 6 fully saturated rings. The standard InChI is InChI=1S/C31H46O5S2/c1-17-8-9-30(34-15-17)18(2)27-24(36-30)13-23-21-7-6-20-12-25(33)31(37-10-11-38-31)16-28(20,4)22(21)14-26(29(23,27)5)35-19(3)32/h12,17-18,21-27,33H,6-11,13-16H2,1-5H3/t17?,18-,21?,22?,23?,24?,25?,26-,27?,28-,29+,30?/m0/s1. The van der Waals surface area contributed by atoms with E-state index in [9.17, 15) is 9.90 Å². The van der Waals surface area contributed by atoms with Crippen LogP contribution in [-0.4, -0.2) is 57.4 Å². The molecule has 0 amide bonds. The highest BCUT2D eigenvalue weighted by Gasteiger charge is 2.72. The first-order chi connectivity index (χ1) is 18.0. The quantitative estimate of drug-likeness (QED) is 0.309. The summed E-state index contributed by atoms with van der Waals surface area (Å²) in [6.45, 7) is 11.9. The summed E-state index contributed by atoms with van der Waals surface area (Å²) in [6.07, 6.45) is 9.32. The van der Waals surface area contributed by atoms with Crippen LogP contribution in [0.15, 0.2) is 11.6 Å². The fourth-order valence-corrected chi connectivity index (χ4v) is 14.3. The first-order valence-electron chi connectivity index (χ1n) is 15.2. The molecule has 7 rings (SSSR count). The second-order valence-corrected chi connectivity index (χ2v) is 17.4. The smallest absolute Gasteiger partial charge is 0.302 e. The molecule has 0 aromatic heterocycles. The van der Waals surface area contributed by atoms with E-state index in [0.29, 0.717) is 35.5 Å². The van der Waals surface area contributed by atoms with Crippen molar-refractivity contribution in [3.8, 4) is 0 Å². The van der Waals surface area contributed by atoms with E-state index in [1.165, 1.54) is 12.0 Å². The maximum atomic E-state index is 12.6. The van der Waals surface area contributed by atoms with E-state index in [1.54, 1.807) is 6.92 Å². The zero-order valence-corrected chi connectivity index (χ0v) is 25.4. The first kappa shape index (κ1) is 26.7. The molecule has 3 aliphatic heterocycles. The van der Waals surface area contributed by atoms with Crippen molar-refractivity contribution in [2.75, 3.05) is 18.1 Å². The van der Waals surface area contributed by atoms with Crippen LogP contribution >= 0.6 is 23.5 Å². The van der Waals surface area contributed by atoms with Gasteiger partial charge in [0.1, 0.15) is 6.10 Å². The molecule has 3 saturated carbocycles. The second kappa shape index (κ2) is 8.89. The fraction of sp³-hybridized carbons (Fsp3) is 0.903. The Morgan fingerprint density at radius 2 is 1.89 bits per heavy atom. The van der Waals surface area contributed by atoms with Gasteiger partial charge in [0, 0.05) is 42.1 Å². The molecule has 8 unspecified atom stereocenters. The lowest BCUT2D eigenvalue weighted by atomic mass is 9.45. The van der Waals surface area contributed by atoms with Gasteiger partial charge in [-0.15, -0.1) is 23.5 Å². The van der Waals surface area contributed by atoms with Crippen molar-refractivity contribution in [3.63, 3.8) is 0 Å². The van der Waals surface area contributed by atoms with Crippen molar-refractivity contribution in [2.45, 2.75) is 108 Å². The van der Waals surface area contributed by atoms with Crippen molar-refractivity contribution in [1.29, 1.82) is 0 Å². The number of fused-ring (bicyclic) bond motifs is 7. The molecule has 0 aromatic carbocycles. The van der Waals surface area contributed by atoms with Crippen LogP contribution < -0.4 is 0 Å². The Kier molecular flexibility index (Phi) is 6.24. The maximum absolute atomic E-state index is 12.6. The third-order valence-electron chi connectivity index (χ3n) is 12.6. The number of rotatable bonds is 1. The molecule has 7 aliphatic rings. The summed E-state index contributed by atoms with van der Waals surface area (Å²) < 4.78 is 19.7. The van der Waals surface area contributed by atoms with Crippen LogP contribution in [0.4, 0.5) is 0 Å². The van der Waals surface area contributed by atoms with E-state index in [-0.39, 0.29) is 39.2 Å². The number of thioether (sulfide) groups is 2. The van der Waals surface area contributed by atoms with Gasteiger partial charge in [-0.2, -0.15) is 0 Å². The van der Waals surface area contributed by atoms with E-state index in [2.05, 4.69) is 33.8 Å². The average molecular weight is 563 g/mol. The summed E-state index contributed by atoms with van der Waals surface area (Å²) in [4.78, 5) is 12.6. The molecular formula is C31H46O5S2. The fourth-order valence-electron chi connectivity index (χ4n) is 10.8. The molecule has 3 saturated heterocycles. The number of allylic oxidation sites excluding steroid dienone is 1. The van der Waals surface area contributed by atoms with Crippen molar-refractivity contribution in [3.05, 3.63) is 11.6 Å². The molecule has 4 aliphatic carbocycles. The van der Waals surface area contributed by atoms with E-state index in [0.717, 1.165) is 56.6 Å². The summed E-state index contributed by atoms with van der Waals surface area (Å²) >= 11 is 3.95. The summed E-state index contributed by atoms with van der Waals surface area (Å²) in [6, 6.07) is 0. The summed E-state index contributed by atoms with van der Waals surface area (Å²) in [5.74, 6) is 4.37. The van der Waals surface area contributed by atoms with Crippen molar-refractivity contribution < 1.29 is 24.1 Å². The molecule has 212 valence electrons. The monoisotopic (exact) mass is 562 g/mol. The number of ether oxygens (including phenoxy) is 3. The molecule has 12 atom stereocenters. The molecular weight excluding hydrogens is 516 g/mol. The molecule has 7 heteroatoms. The summed E-state index contributed by atoms with van der Waals surface area (Å²) in [5, 5.41) is 11.2. The number of esters is 1. The first-order valence-corrected chi connectivity index (χ1v) is 17.2. The Hall–Kier alpha value is -0.210. The number of hydrogen-bond acceptors (Lipinski definition) is 7. The number of aliphatic hydroxyl groups is 1. The topological polar surface area (TPSA) is 65.0 Å². The SMILES string of the molecule is CC(=O)O[C@H]1CC2C(CCC3=CC(O)C4(C[C@@]32C)SCCS4)C2CC3OC4(CCC(C)CO4)[C@@H](C)C3[C@]21C. The van der Waals surface area contributed by atoms with Crippen LogP contribution in [0.5, 0.6) is 0 Å². The predicted octanol–water partition coefficient (Wildman–Crippen LogP) is 6.04. The number of carbonyl (C=O) groups excluding carboxylic acids is 1. The molecule has 0 radical (unpaired) electrons. The van der Waals surface area contributed by atoms with E-state index in [1.807, 2.05) is 23.5 Å². The van der Waals surface area contributed by atoms with E-state index < -0.39 is 5.79 Å². The Balaban J connectivity index is 1.25. The van der Waals surface area contributed by atoms with Gasteiger partial charge >= 0.3 is 5.97 Å². The molecule has 2 spiro atoms. The maximum Gasteiger partial charge on any atom is 0.302 e. The van der Waals surface area contributed by atoms with Crippen molar-refractivity contribution in [2.24, 2.45) is 46.3 Å². The Morgan fingerprint density at radius 1 is 1.13 bits per heavy atom. The van der Waals surface area contributed by atoms with Gasteiger partial charge in [-0.05, 0) is 67.6 Å². The van der Waals surface area contributed by atoms with Gasteiger partial charge in [0.2, 0.25) is 0 Å². The number of aliphatic hydroxyl groups excluding tert-OH is 1. The minimum atomic E-state index is -0.468. The van der Waals surface area contributed by atoms with E-state index >= 15 is 0 Å². The minimum Gasteiger partial charge on any atom is -0.462 e. The van der Waals surface area contributed by atoms with Gasteiger partial charge in [0.15, 0.2) is 5.79 Å². The highest BCUT2D eigenvalue weighted by Crippen LogP contribution is 2.73. The van der Waals surface area contributed by atoms with Gasteiger partial charge in [-0.1, -0.05) is 39.3 Å². The van der Waals surface area contributed by atoms with Gasteiger partial charge in [-0.3, -0.25) is 4.79 Å². The lowest BCUT2D eigenvalue weighted by Gasteiger charge is -2.62. The van der Waals surface area contributed by atoms with Crippen molar-refractivity contribution in [1.82, 2.24) is 0 Å². The molecule has 38 heavy (non-hydrogen) atoms. The van der Waals surface area contributed by atoms with Crippen LogP contribution in [0.1, 0.15) is 79.6 Å². The summed E-state index contributed by atoms with van der Waals surface area (Å²) in [7, 11) is 0. The molecule has 1 N–H and O–H groups in total. The van der Waals surface area contributed by atoms with Crippen LogP contribution in [-0.2, 0) is 19.0 Å². The molecule has 3 heterocycles. The lowest BCUT2D eigenvalue weighted by Crippen LogP contribution is -2.60. The summed E-state index contributed by atoms with van der Waals surface area (Å²) in [5.41, 5.74) is 1.40. The Morgan fingerprint density at radius 3 is 2.58 bits per heavy atom. The molecule has 0 bridgehead atoms.